The van der Waals surface area contributed by atoms with Crippen LogP contribution in [0.4, 0.5) is 0 Å². The smallest absolute Gasteiger partial charge is 0.122 e. The molecule has 2 atom stereocenters. The summed E-state index contributed by atoms with van der Waals surface area (Å²) >= 11 is 6.30. The Morgan fingerprint density at radius 3 is 2.84 bits per heavy atom. The number of benzene rings is 1. The lowest BCUT2D eigenvalue weighted by atomic mass is 9.91. The Morgan fingerprint density at radius 2 is 2.21 bits per heavy atom. The van der Waals surface area contributed by atoms with E-state index >= 15 is 0 Å². The molecule has 0 saturated carbocycles. The molecular formula is C15H22ClN3. The summed E-state index contributed by atoms with van der Waals surface area (Å²) in [5, 5.41) is 8.13. The molecule has 0 radical (unpaired) electrons. The van der Waals surface area contributed by atoms with Gasteiger partial charge in [-0.1, -0.05) is 30.7 Å². The van der Waals surface area contributed by atoms with Crippen LogP contribution in [0.25, 0.3) is 0 Å². The van der Waals surface area contributed by atoms with E-state index in [0.717, 1.165) is 24.6 Å². The SMILES string of the molecule is CC1CCCN(Cc2ccc(C(=N)N)cc2Cl)C1C. The number of nitrogen functional groups attached to an aromatic ring is 1. The zero-order valence-corrected chi connectivity index (χ0v) is 12.4. The Morgan fingerprint density at radius 1 is 1.47 bits per heavy atom. The Bertz CT molecular complexity index is 472. The van der Waals surface area contributed by atoms with E-state index in [4.69, 9.17) is 22.7 Å². The first-order chi connectivity index (χ1) is 8.99. The largest absolute Gasteiger partial charge is 0.384 e. The van der Waals surface area contributed by atoms with Gasteiger partial charge in [0.25, 0.3) is 0 Å². The normalized spacial score (nSPS) is 24.4. The molecule has 1 aliphatic rings. The highest BCUT2D eigenvalue weighted by Crippen LogP contribution is 2.27. The van der Waals surface area contributed by atoms with Gasteiger partial charge in [-0.3, -0.25) is 10.3 Å². The van der Waals surface area contributed by atoms with Crippen LogP contribution in [0.15, 0.2) is 18.2 Å². The lowest BCUT2D eigenvalue weighted by molar-refractivity contribution is 0.106. The summed E-state index contributed by atoms with van der Waals surface area (Å²) in [6.45, 7) is 6.62. The van der Waals surface area contributed by atoms with Gasteiger partial charge in [0, 0.05) is 23.2 Å². The maximum absolute atomic E-state index is 7.42. The predicted molar refractivity (Wildman–Crippen MR) is 80.7 cm³/mol. The van der Waals surface area contributed by atoms with Crippen molar-refractivity contribution in [1.29, 1.82) is 5.41 Å². The minimum Gasteiger partial charge on any atom is -0.384 e. The zero-order valence-electron chi connectivity index (χ0n) is 11.6. The molecule has 1 fully saturated rings. The molecular weight excluding hydrogens is 258 g/mol. The molecule has 19 heavy (non-hydrogen) atoms. The fourth-order valence-corrected chi connectivity index (χ4v) is 2.95. The van der Waals surface area contributed by atoms with Crippen molar-refractivity contribution in [2.45, 2.75) is 39.3 Å². The molecule has 0 aromatic heterocycles. The Balaban J connectivity index is 2.12. The van der Waals surface area contributed by atoms with Gasteiger partial charge in [0.1, 0.15) is 5.84 Å². The standard InChI is InChI=1S/C15H22ClN3/c1-10-4-3-7-19(11(10)2)9-13-6-5-12(15(17)18)8-14(13)16/h5-6,8,10-11H,3-4,7,9H2,1-2H3,(H3,17,18). The van der Waals surface area contributed by atoms with Gasteiger partial charge in [-0.05, 0) is 43.9 Å². The van der Waals surface area contributed by atoms with Crippen molar-refractivity contribution in [1.82, 2.24) is 4.90 Å². The molecule has 104 valence electrons. The van der Waals surface area contributed by atoms with Crippen LogP contribution in [-0.2, 0) is 6.54 Å². The maximum Gasteiger partial charge on any atom is 0.122 e. The molecule has 2 unspecified atom stereocenters. The molecule has 1 aliphatic heterocycles. The van der Waals surface area contributed by atoms with E-state index in [-0.39, 0.29) is 5.84 Å². The first kappa shape index (κ1) is 14.4. The van der Waals surface area contributed by atoms with Crippen LogP contribution in [0.2, 0.25) is 5.02 Å². The molecule has 3 N–H and O–H groups in total. The molecule has 2 rings (SSSR count). The number of hydrogen-bond donors (Lipinski definition) is 2. The second-order valence-electron chi connectivity index (χ2n) is 5.55. The average Bonchev–Trinajstić information content (AvgIpc) is 2.37. The zero-order chi connectivity index (χ0) is 14.0. The summed E-state index contributed by atoms with van der Waals surface area (Å²) in [6.07, 6.45) is 2.57. The summed E-state index contributed by atoms with van der Waals surface area (Å²) in [7, 11) is 0. The third-order valence-corrected chi connectivity index (χ3v) is 4.59. The van der Waals surface area contributed by atoms with Crippen molar-refractivity contribution in [2.75, 3.05) is 6.54 Å². The monoisotopic (exact) mass is 279 g/mol. The summed E-state index contributed by atoms with van der Waals surface area (Å²) in [5.41, 5.74) is 7.28. The minimum atomic E-state index is 0.0633. The van der Waals surface area contributed by atoms with Gasteiger partial charge < -0.3 is 5.73 Å². The van der Waals surface area contributed by atoms with Crippen LogP contribution >= 0.6 is 11.6 Å². The third-order valence-electron chi connectivity index (χ3n) is 4.24. The summed E-state index contributed by atoms with van der Waals surface area (Å²) in [4.78, 5) is 2.49. The van der Waals surface area contributed by atoms with Crippen LogP contribution in [-0.4, -0.2) is 23.3 Å². The highest BCUT2D eigenvalue weighted by atomic mass is 35.5. The molecule has 0 spiro atoms. The second kappa shape index (κ2) is 5.93. The van der Waals surface area contributed by atoms with E-state index in [0.29, 0.717) is 16.6 Å². The number of piperidine rings is 1. The number of nitrogens with two attached hydrogens (primary N) is 1. The Labute approximate surface area is 120 Å². The van der Waals surface area contributed by atoms with Crippen LogP contribution < -0.4 is 5.73 Å². The van der Waals surface area contributed by atoms with Crippen molar-refractivity contribution in [3.63, 3.8) is 0 Å². The molecule has 1 saturated heterocycles. The molecule has 0 amide bonds. The first-order valence-electron chi connectivity index (χ1n) is 6.86. The van der Waals surface area contributed by atoms with Gasteiger partial charge in [-0.2, -0.15) is 0 Å². The predicted octanol–water partition coefficient (Wildman–Crippen LogP) is 3.24. The maximum atomic E-state index is 7.42. The van der Waals surface area contributed by atoms with Gasteiger partial charge in [0.05, 0.1) is 0 Å². The van der Waals surface area contributed by atoms with E-state index in [2.05, 4.69) is 18.7 Å². The van der Waals surface area contributed by atoms with E-state index in [9.17, 15) is 0 Å². The quantitative estimate of drug-likeness (QED) is 0.659. The number of nitrogens with one attached hydrogen (secondary N) is 1. The molecule has 0 aliphatic carbocycles. The Kier molecular flexibility index (Phi) is 4.48. The summed E-state index contributed by atoms with van der Waals surface area (Å²) in [6, 6.07) is 6.25. The van der Waals surface area contributed by atoms with Crippen LogP contribution in [0.1, 0.15) is 37.8 Å². The number of rotatable bonds is 3. The minimum absolute atomic E-state index is 0.0633. The van der Waals surface area contributed by atoms with Crippen LogP contribution in [0.3, 0.4) is 0 Å². The second-order valence-corrected chi connectivity index (χ2v) is 5.96. The van der Waals surface area contributed by atoms with Gasteiger partial charge in [0.2, 0.25) is 0 Å². The van der Waals surface area contributed by atoms with Crippen molar-refractivity contribution in [2.24, 2.45) is 11.7 Å². The van der Waals surface area contributed by atoms with E-state index in [1.165, 1.54) is 12.8 Å². The van der Waals surface area contributed by atoms with Crippen LogP contribution in [0, 0.1) is 11.3 Å². The van der Waals surface area contributed by atoms with E-state index < -0.39 is 0 Å². The van der Waals surface area contributed by atoms with E-state index in [1.807, 2.05) is 12.1 Å². The average molecular weight is 280 g/mol. The third kappa shape index (κ3) is 3.28. The van der Waals surface area contributed by atoms with Crippen molar-refractivity contribution >= 4 is 17.4 Å². The lowest BCUT2D eigenvalue weighted by Crippen LogP contribution is -2.41. The summed E-state index contributed by atoms with van der Waals surface area (Å²) in [5.74, 6) is 0.803. The number of amidine groups is 1. The van der Waals surface area contributed by atoms with Crippen molar-refractivity contribution < 1.29 is 0 Å². The number of hydrogen-bond acceptors (Lipinski definition) is 2. The number of nitrogens with zero attached hydrogens (tertiary/aromatic N) is 1. The van der Waals surface area contributed by atoms with E-state index in [1.54, 1.807) is 6.07 Å². The van der Waals surface area contributed by atoms with Crippen molar-refractivity contribution in [3.05, 3.63) is 34.3 Å². The number of halogens is 1. The highest BCUT2D eigenvalue weighted by Gasteiger charge is 2.24. The van der Waals surface area contributed by atoms with Crippen molar-refractivity contribution in [3.8, 4) is 0 Å². The molecule has 1 heterocycles. The van der Waals surface area contributed by atoms with Gasteiger partial charge >= 0.3 is 0 Å². The molecule has 1 aromatic carbocycles. The first-order valence-corrected chi connectivity index (χ1v) is 7.23. The lowest BCUT2D eigenvalue weighted by Gasteiger charge is -2.38. The number of likely N-dealkylation sites (tertiary alicyclic amines) is 1. The molecule has 0 bridgehead atoms. The van der Waals surface area contributed by atoms with Crippen LogP contribution in [0.5, 0.6) is 0 Å². The summed E-state index contributed by atoms with van der Waals surface area (Å²) < 4.78 is 0. The molecule has 4 heteroatoms. The fourth-order valence-electron chi connectivity index (χ4n) is 2.71. The topological polar surface area (TPSA) is 53.1 Å². The fraction of sp³-hybridized carbons (Fsp3) is 0.533. The van der Waals surface area contributed by atoms with Gasteiger partial charge in [-0.25, -0.2) is 0 Å². The highest BCUT2D eigenvalue weighted by molar-refractivity contribution is 6.31. The molecule has 1 aromatic rings. The van der Waals surface area contributed by atoms with Gasteiger partial charge in [0.15, 0.2) is 0 Å². The molecule has 3 nitrogen and oxygen atoms in total. The Hall–Kier alpha value is -1.06. The van der Waals surface area contributed by atoms with Gasteiger partial charge in [-0.15, -0.1) is 0 Å².